The molecule has 1 aromatic carbocycles. The molecular weight excluding hydrogens is 276 g/mol. The number of fused-ring (bicyclic) bond motifs is 3. The van der Waals surface area contributed by atoms with E-state index in [1.165, 1.54) is 12.8 Å². The molecule has 0 N–H and O–H groups in total. The van der Waals surface area contributed by atoms with Gasteiger partial charge < -0.3 is 4.42 Å². The molecule has 3 rings (SSSR count). The van der Waals surface area contributed by atoms with Crippen LogP contribution in [0.4, 0.5) is 0 Å². The van der Waals surface area contributed by atoms with Crippen LogP contribution in [0.2, 0.25) is 0 Å². The lowest BCUT2D eigenvalue weighted by Gasteiger charge is -2.23. The summed E-state index contributed by atoms with van der Waals surface area (Å²) < 4.78 is 5.48. The van der Waals surface area contributed by atoms with E-state index in [4.69, 9.17) is 4.42 Å². The Morgan fingerprint density at radius 3 is 2.73 bits per heavy atom. The summed E-state index contributed by atoms with van der Waals surface area (Å²) in [6, 6.07) is 5.57. The van der Waals surface area contributed by atoms with E-state index in [1.54, 1.807) is 6.07 Å². The van der Waals surface area contributed by atoms with Crippen molar-refractivity contribution in [3.63, 3.8) is 0 Å². The number of Topliss-reactive ketones (excluding diaryl/α,β-unsaturated/α-hetero) is 1. The zero-order valence-corrected chi connectivity index (χ0v) is 13.3. The highest BCUT2D eigenvalue weighted by Gasteiger charge is 2.29. The highest BCUT2D eigenvalue weighted by molar-refractivity contribution is 6.09. The van der Waals surface area contributed by atoms with Gasteiger partial charge in [0.2, 0.25) is 0 Å². The molecule has 1 unspecified atom stereocenters. The molecule has 0 saturated carbocycles. The monoisotopic (exact) mass is 298 g/mol. The fourth-order valence-electron chi connectivity index (χ4n) is 3.45. The Morgan fingerprint density at radius 1 is 1.14 bits per heavy atom. The minimum absolute atomic E-state index is 0.127. The van der Waals surface area contributed by atoms with E-state index < -0.39 is 0 Å². The molecule has 0 amide bonds. The van der Waals surface area contributed by atoms with Gasteiger partial charge >= 0.3 is 5.63 Å². The van der Waals surface area contributed by atoms with Crippen molar-refractivity contribution in [1.82, 2.24) is 0 Å². The van der Waals surface area contributed by atoms with Crippen molar-refractivity contribution in [2.45, 2.75) is 52.4 Å². The summed E-state index contributed by atoms with van der Waals surface area (Å²) in [4.78, 5) is 24.8. The lowest BCUT2D eigenvalue weighted by Crippen LogP contribution is -2.23. The van der Waals surface area contributed by atoms with Crippen LogP contribution in [0.5, 0.6) is 0 Å². The van der Waals surface area contributed by atoms with Crippen molar-refractivity contribution >= 4 is 16.6 Å². The molecule has 0 aliphatic heterocycles. The van der Waals surface area contributed by atoms with E-state index in [-0.39, 0.29) is 11.4 Å². The maximum absolute atomic E-state index is 12.6. The Balaban J connectivity index is 2.02. The number of carbonyl (C=O) groups excluding carboxylic acids is 1. The van der Waals surface area contributed by atoms with E-state index in [9.17, 15) is 9.59 Å². The van der Waals surface area contributed by atoms with Crippen LogP contribution < -0.4 is 5.63 Å². The van der Waals surface area contributed by atoms with E-state index in [1.807, 2.05) is 19.1 Å². The van der Waals surface area contributed by atoms with E-state index in [2.05, 4.69) is 6.92 Å². The molecule has 116 valence electrons. The fraction of sp³-hybridized carbons (Fsp3) is 0.474. The average Bonchev–Trinajstić information content (AvgIpc) is 2.46. The second-order valence-corrected chi connectivity index (χ2v) is 6.43. The molecule has 0 radical (unpaired) electrons. The molecule has 1 aromatic heterocycles. The number of carbonyl (C=O) groups is 1. The van der Waals surface area contributed by atoms with Crippen LogP contribution in [0.15, 0.2) is 27.4 Å². The second-order valence-electron chi connectivity index (χ2n) is 6.43. The molecule has 1 aliphatic rings. The molecule has 0 fully saturated rings. The SMILES string of the molecule is CCCCCC1CC(=O)c2c(oc(=O)c3ccc(C)cc23)C1. The smallest absolute Gasteiger partial charge is 0.343 e. The number of hydrogen-bond acceptors (Lipinski definition) is 3. The Bertz CT molecular complexity index is 770. The quantitative estimate of drug-likeness (QED) is 0.785. The molecule has 1 atom stereocenters. The fourth-order valence-corrected chi connectivity index (χ4v) is 3.45. The number of ketones is 1. The third-order valence-corrected chi connectivity index (χ3v) is 4.60. The van der Waals surface area contributed by atoms with Crippen LogP contribution in [0.25, 0.3) is 10.8 Å². The van der Waals surface area contributed by atoms with Crippen molar-refractivity contribution in [2.75, 3.05) is 0 Å². The minimum atomic E-state index is -0.323. The lowest BCUT2D eigenvalue weighted by molar-refractivity contribution is 0.0938. The maximum Gasteiger partial charge on any atom is 0.343 e. The normalized spacial score (nSPS) is 17.7. The van der Waals surface area contributed by atoms with Gasteiger partial charge in [-0.15, -0.1) is 0 Å². The minimum Gasteiger partial charge on any atom is -0.427 e. The maximum atomic E-state index is 12.6. The summed E-state index contributed by atoms with van der Waals surface area (Å²) >= 11 is 0. The highest BCUT2D eigenvalue weighted by atomic mass is 16.4. The van der Waals surface area contributed by atoms with E-state index in [0.29, 0.717) is 35.5 Å². The first-order valence-corrected chi connectivity index (χ1v) is 8.19. The van der Waals surface area contributed by atoms with Crippen molar-refractivity contribution in [2.24, 2.45) is 5.92 Å². The van der Waals surface area contributed by atoms with Gasteiger partial charge in [0.05, 0.1) is 10.9 Å². The van der Waals surface area contributed by atoms with Crippen molar-refractivity contribution < 1.29 is 9.21 Å². The summed E-state index contributed by atoms with van der Waals surface area (Å²) in [5, 5.41) is 1.28. The molecule has 3 nitrogen and oxygen atoms in total. The molecule has 22 heavy (non-hydrogen) atoms. The van der Waals surface area contributed by atoms with Crippen LogP contribution in [-0.4, -0.2) is 5.78 Å². The number of unbranched alkanes of at least 4 members (excludes halogenated alkanes) is 2. The molecule has 1 heterocycles. The van der Waals surface area contributed by atoms with Crippen molar-refractivity contribution in [3.8, 4) is 0 Å². The van der Waals surface area contributed by atoms with Gasteiger partial charge in [0.15, 0.2) is 5.78 Å². The largest absolute Gasteiger partial charge is 0.427 e. The molecular formula is C19H22O3. The van der Waals surface area contributed by atoms with Crippen LogP contribution in [0, 0.1) is 12.8 Å². The number of rotatable bonds is 4. The Kier molecular flexibility index (Phi) is 4.14. The summed E-state index contributed by atoms with van der Waals surface area (Å²) in [6.45, 7) is 4.15. The van der Waals surface area contributed by atoms with Crippen molar-refractivity contribution in [3.05, 3.63) is 45.5 Å². The number of hydrogen-bond donors (Lipinski definition) is 0. The molecule has 1 aliphatic carbocycles. The lowest BCUT2D eigenvalue weighted by atomic mass is 9.82. The van der Waals surface area contributed by atoms with Gasteiger partial charge in [-0.1, -0.05) is 43.9 Å². The summed E-state index contributed by atoms with van der Waals surface area (Å²) in [5.41, 5.74) is 1.37. The summed E-state index contributed by atoms with van der Waals surface area (Å²) in [5.74, 6) is 1.04. The molecule has 0 spiro atoms. The van der Waals surface area contributed by atoms with E-state index >= 15 is 0 Å². The van der Waals surface area contributed by atoms with E-state index in [0.717, 1.165) is 23.8 Å². The number of benzene rings is 1. The molecule has 0 bridgehead atoms. The van der Waals surface area contributed by atoms with Crippen LogP contribution in [0.3, 0.4) is 0 Å². The van der Waals surface area contributed by atoms with Gasteiger partial charge in [0.25, 0.3) is 0 Å². The van der Waals surface area contributed by atoms with Gasteiger partial charge in [0, 0.05) is 18.2 Å². The third kappa shape index (κ3) is 2.72. The van der Waals surface area contributed by atoms with Crippen LogP contribution in [0.1, 0.15) is 60.7 Å². The van der Waals surface area contributed by atoms with Gasteiger partial charge in [-0.05, 0) is 25.3 Å². The molecule has 3 heteroatoms. The molecule has 2 aromatic rings. The van der Waals surface area contributed by atoms with Gasteiger partial charge in [-0.2, -0.15) is 0 Å². The topological polar surface area (TPSA) is 47.3 Å². The predicted molar refractivity (Wildman–Crippen MR) is 87.5 cm³/mol. The number of aryl methyl sites for hydroxylation is 1. The van der Waals surface area contributed by atoms with Crippen LogP contribution in [-0.2, 0) is 6.42 Å². The van der Waals surface area contributed by atoms with Crippen molar-refractivity contribution in [1.29, 1.82) is 0 Å². The Labute approximate surface area is 130 Å². The summed E-state index contributed by atoms with van der Waals surface area (Å²) in [7, 11) is 0. The van der Waals surface area contributed by atoms with Gasteiger partial charge in [-0.25, -0.2) is 4.79 Å². The third-order valence-electron chi connectivity index (χ3n) is 4.60. The highest BCUT2D eigenvalue weighted by Crippen LogP contribution is 2.32. The standard InChI is InChI=1S/C19H22O3/c1-3-4-5-6-13-10-16(20)18-15-9-12(2)7-8-14(15)19(21)22-17(18)11-13/h7-9,13H,3-6,10-11H2,1-2H3. The first-order valence-electron chi connectivity index (χ1n) is 8.19. The predicted octanol–water partition coefficient (Wildman–Crippen LogP) is 4.43. The zero-order chi connectivity index (χ0) is 15.7. The first-order chi connectivity index (χ1) is 10.6. The Morgan fingerprint density at radius 2 is 1.95 bits per heavy atom. The second kappa shape index (κ2) is 6.07. The molecule has 0 saturated heterocycles. The van der Waals surface area contributed by atoms with Gasteiger partial charge in [-0.3, -0.25) is 4.79 Å². The first kappa shape index (κ1) is 15.0. The summed E-state index contributed by atoms with van der Waals surface area (Å²) in [6.07, 6.45) is 5.83. The van der Waals surface area contributed by atoms with Gasteiger partial charge in [0.1, 0.15) is 5.76 Å². The van der Waals surface area contributed by atoms with Crippen LogP contribution >= 0.6 is 0 Å². The average molecular weight is 298 g/mol. The zero-order valence-electron chi connectivity index (χ0n) is 13.3. The Hall–Kier alpha value is -1.90.